The van der Waals surface area contributed by atoms with E-state index < -0.39 is 11.4 Å². The summed E-state index contributed by atoms with van der Waals surface area (Å²) in [6.45, 7) is 0. The van der Waals surface area contributed by atoms with Gasteiger partial charge in [-0.2, -0.15) is 4.42 Å². The number of halogens is 6. The second-order valence-corrected chi connectivity index (χ2v) is 49.1. The quantitative estimate of drug-likeness (QED) is 0.166. The summed E-state index contributed by atoms with van der Waals surface area (Å²) in [5.74, 6) is 1.65. The van der Waals surface area contributed by atoms with Crippen molar-refractivity contribution in [3.05, 3.63) is 90.0 Å². The molecule has 0 saturated heterocycles. The molecule has 0 aliphatic carbocycles. The molecule has 0 aliphatic rings. The first-order valence-electron chi connectivity index (χ1n) is 8.83. The van der Waals surface area contributed by atoms with Crippen molar-refractivity contribution in [2.24, 2.45) is 0 Å². The van der Waals surface area contributed by atoms with Crippen molar-refractivity contribution in [2.45, 2.75) is 0 Å². The van der Waals surface area contributed by atoms with Crippen molar-refractivity contribution in [1.82, 2.24) is 9.97 Å². The van der Waals surface area contributed by atoms with Gasteiger partial charge in [-0.25, -0.2) is 0 Å². The zero-order valence-electron chi connectivity index (χ0n) is 15.7. The van der Waals surface area contributed by atoms with E-state index >= 15 is 0 Å². The van der Waals surface area contributed by atoms with Gasteiger partial charge in [-0.3, -0.25) is 0 Å². The molecule has 3 aromatic carbocycles. The molecule has 0 saturated carbocycles. The Balaban J connectivity index is 0.000000401. The van der Waals surface area contributed by atoms with Gasteiger partial charge >= 0.3 is 67.7 Å². The van der Waals surface area contributed by atoms with E-state index in [0.717, 1.165) is 16.7 Å². The topological polar surface area (TPSA) is 37.1 Å². The van der Waals surface area contributed by atoms with Crippen molar-refractivity contribution in [1.29, 1.82) is 0 Å². The van der Waals surface area contributed by atoms with Gasteiger partial charge in [0.05, 0.1) is 0 Å². The maximum atomic E-state index is 5.99. The Hall–Kier alpha value is -0.791. The number of benzene rings is 3. The van der Waals surface area contributed by atoms with Crippen molar-refractivity contribution in [2.75, 3.05) is 0 Å². The normalized spacial score (nSPS) is 12.3. The molecule has 0 fully saturated rings. The summed E-state index contributed by atoms with van der Waals surface area (Å²) in [6, 6.07) is 27.1. The van der Waals surface area contributed by atoms with E-state index in [1.54, 1.807) is 0 Å². The minimum atomic E-state index is -4.40. The Morgan fingerprint density at radius 3 is 1.39 bits per heavy atom. The summed E-state index contributed by atoms with van der Waals surface area (Å²) in [7, 11) is 25.3. The Labute approximate surface area is 204 Å². The van der Waals surface area contributed by atoms with Gasteiger partial charge in [0.2, 0.25) is 0 Å². The van der Waals surface area contributed by atoms with E-state index in [0.29, 0.717) is 22.6 Å². The van der Waals surface area contributed by atoms with Crippen molar-refractivity contribution < 1.29 is 4.42 Å². The molecule has 3 nitrogen and oxygen atoms in total. The van der Waals surface area contributed by atoms with E-state index in [1.165, 1.54) is 0 Å². The van der Waals surface area contributed by atoms with Crippen molar-refractivity contribution in [3.8, 4) is 34.3 Å². The molecule has 1 heterocycles. The van der Waals surface area contributed by atoms with E-state index in [4.69, 9.17) is 60.6 Å². The van der Waals surface area contributed by atoms with Crippen LogP contribution in [0.25, 0.3) is 34.3 Å². The monoisotopic (exact) mass is 640 g/mol. The molecule has 0 amide bonds. The molecule has 0 aliphatic heterocycles. The Bertz CT molecular complexity index is 1080. The van der Waals surface area contributed by atoms with Crippen LogP contribution >= 0.6 is 56.2 Å². The van der Waals surface area contributed by atoms with Crippen LogP contribution in [0.1, 0.15) is 0 Å². The number of hydrogen-bond acceptors (Lipinski definition) is 2. The third kappa shape index (κ3) is 8.93. The van der Waals surface area contributed by atoms with Gasteiger partial charge in [-0.15, -0.1) is 9.97 Å². The van der Waals surface area contributed by atoms with Gasteiger partial charge in [-0.05, 0) is 36.4 Å². The molecule has 4 aromatic rings. The second-order valence-electron chi connectivity index (χ2n) is 6.21. The van der Waals surface area contributed by atoms with Crippen molar-refractivity contribution in [3.63, 3.8) is 0 Å². The van der Waals surface area contributed by atoms with Gasteiger partial charge in [0.25, 0.3) is 0 Å². The van der Waals surface area contributed by atoms with Gasteiger partial charge < -0.3 is 0 Å². The first kappa shape index (κ1) is 24.8. The zero-order valence-corrected chi connectivity index (χ0v) is 23.0. The summed E-state index contributed by atoms with van der Waals surface area (Å²) in [5, 5.41) is 0.671. The standard InChI is InChI=1S/C21H14ClN2O.5ClH.Sn/c22-18-13-11-17(12-14-18)21-24-19(15-7-3-1-4-8-15)23-20(25-21)16-9-5-2-6-10-16;;;;;;/h1-14H;5*1H;/q+1;;;;;;+4/p-5. The number of aromatic nitrogens is 2. The first-order chi connectivity index (χ1) is 14.5. The Morgan fingerprint density at radius 1 is 0.548 bits per heavy atom. The summed E-state index contributed by atoms with van der Waals surface area (Å²) < 4.78 is 5.99. The second kappa shape index (κ2) is 10.4. The molecule has 4 rings (SSSR count). The maximum absolute atomic E-state index is 5.99. The van der Waals surface area contributed by atoms with Crippen LogP contribution in [0.2, 0.25) is 5.02 Å². The van der Waals surface area contributed by atoms with Gasteiger partial charge in [0.15, 0.2) is 5.82 Å². The van der Waals surface area contributed by atoms with E-state index in [2.05, 4.69) is 9.97 Å². The molecule has 10 heteroatoms. The van der Waals surface area contributed by atoms with Crippen LogP contribution in [0.15, 0.2) is 89.3 Å². The van der Waals surface area contributed by atoms with Crippen LogP contribution in [-0.2, 0) is 0 Å². The SMILES string of the molecule is Clc1ccc(-c2nc(-c3ccccc3)nc(-c3ccccc3)[o+]2)cc1.[Cl][Sn-]([Cl])([Cl])([Cl])[Cl]. The molecular formula is C21H14Cl6N2OSn. The Kier molecular flexibility index (Phi) is 8.36. The molecule has 0 atom stereocenters. The number of rotatable bonds is 3. The number of nitrogens with zero attached hydrogens (tertiary/aromatic N) is 2. The molecule has 1 aromatic heterocycles. The summed E-state index contributed by atoms with van der Waals surface area (Å²) in [5.41, 5.74) is 2.68. The van der Waals surface area contributed by atoms with Crippen LogP contribution in [0, 0.1) is 0 Å². The van der Waals surface area contributed by atoms with Crippen LogP contribution in [0.4, 0.5) is 0 Å². The van der Waals surface area contributed by atoms with Crippen LogP contribution < -0.4 is 0 Å². The first-order valence-corrected chi connectivity index (χ1v) is 27.3. The number of hydrogen-bond donors (Lipinski definition) is 0. The summed E-state index contributed by atoms with van der Waals surface area (Å²) in [6.07, 6.45) is 0. The molecule has 0 N–H and O–H groups in total. The fraction of sp³-hybridized carbons (Fsp3) is 0. The van der Waals surface area contributed by atoms with Crippen LogP contribution in [0.3, 0.4) is 0 Å². The Morgan fingerprint density at radius 2 is 0.935 bits per heavy atom. The molecule has 0 radical (unpaired) electrons. The molecule has 0 spiro atoms. The molecule has 160 valence electrons. The van der Waals surface area contributed by atoms with Gasteiger partial charge in [0, 0.05) is 10.6 Å². The fourth-order valence-electron chi connectivity index (χ4n) is 2.49. The predicted molar refractivity (Wildman–Crippen MR) is 135 cm³/mol. The fourth-order valence-corrected chi connectivity index (χ4v) is 2.62. The predicted octanol–water partition coefficient (Wildman–Crippen LogP) is 9.07. The van der Waals surface area contributed by atoms with E-state index in [9.17, 15) is 0 Å². The zero-order chi connectivity index (χ0) is 22.5. The molecule has 31 heavy (non-hydrogen) atoms. The molecule has 0 bridgehead atoms. The van der Waals surface area contributed by atoms with Crippen molar-refractivity contribution >= 4 is 67.6 Å². The average Bonchev–Trinajstić information content (AvgIpc) is 2.73. The van der Waals surface area contributed by atoms with Gasteiger partial charge in [-0.1, -0.05) is 60.1 Å². The minimum absolute atomic E-state index is 0.504. The third-order valence-electron chi connectivity index (χ3n) is 3.75. The summed E-state index contributed by atoms with van der Waals surface area (Å²) >= 11 is 1.59. The van der Waals surface area contributed by atoms with Gasteiger partial charge in [0.1, 0.15) is 11.1 Å². The summed E-state index contributed by atoms with van der Waals surface area (Å²) in [4.78, 5) is 9.22. The van der Waals surface area contributed by atoms with Crippen LogP contribution in [0.5, 0.6) is 0 Å². The third-order valence-corrected chi connectivity index (χ3v) is 4.00. The van der Waals surface area contributed by atoms with E-state index in [-0.39, 0.29) is 0 Å². The average molecular weight is 642 g/mol. The van der Waals surface area contributed by atoms with Crippen LogP contribution in [-0.4, -0.2) is 21.3 Å². The molecule has 0 unspecified atom stereocenters. The van der Waals surface area contributed by atoms with E-state index in [1.807, 2.05) is 84.9 Å². The molecular weight excluding hydrogens is 628 g/mol.